The quantitative estimate of drug-likeness (QED) is 0.353. The van der Waals surface area contributed by atoms with E-state index in [1.165, 1.54) is 6.07 Å². The number of carbonyl (C=O) groups excluding carboxylic acids is 1. The lowest BCUT2D eigenvalue weighted by Crippen LogP contribution is -2.48. The molecule has 0 radical (unpaired) electrons. The molecule has 0 bridgehead atoms. The molecule has 0 saturated carbocycles. The van der Waals surface area contributed by atoms with Gasteiger partial charge in [-0.15, -0.1) is 11.8 Å². The van der Waals surface area contributed by atoms with Crippen LogP contribution < -0.4 is 0 Å². The summed E-state index contributed by atoms with van der Waals surface area (Å²) in [5.74, 6) is -0.318. The Morgan fingerprint density at radius 1 is 1.09 bits per heavy atom. The smallest absolute Gasteiger partial charge is 0.257 e. The molecule has 4 aromatic rings. The molecule has 0 N–H and O–H groups in total. The van der Waals surface area contributed by atoms with Crippen LogP contribution in [0.5, 0.6) is 0 Å². The summed E-state index contributed by atoms with van der Waals surface area (Å²) >= 11 is 1.56. The van der Waals surface area contributed by atoms with Crippen LogP contribution in [0.2, 0.25) is 0 Å². The number of carbonyl (C=O) groups is 1. The highest BCUT2D eigenvalue weighted by Crippen LogP contribution is 2.35. The molecule has 174 valence electrons. The van der Waals surface area contributed by atoms with E-state index in [1.54, 1.807) is 47.3 Å². The van der Waals surface area contributed by atoms with Crippen LogP contribution in [0.1, 0.15) is 24.2 Å². The van der Waals surface area contributed by atoms with Gasteiger partial charge in [-0.25, -0.2) is 9.37 Å². The van der Waals surface area contributed by atoms with Crippen LogP contribution in [0.25, 0.3) is 33.6 Å². The molecule has 3 aromatic heterocycles. The fraction of sp³-hybridized carbons (Fsp3) is 0.269. The van der Waals surface area contributed by atoms with Gasteiger partial charge in [-0.3, -0.25) is 9.78 Å². The molecule has 1 aliphatic heterocycles. The zero-order valence-corrected chi connectivity index (χ0v) is 19.9. The van der Waals surface area contributed by atoms with Gasteiger partial charge in [0.05, 0.1) is 22.8 Å². The molecule has 0 aliphatic carbocycles. The molecule has 2 atom stereocenters. The second-order valence-electron chi connectivity index (χ2n) is 8.41. The third-order valence-corrected chi connectivity index (χ3v) is 6.53. The number of rotatable bonds is 4. The predicted molar refractivity (Wildman–Crippen MR) is 130 cm³/mol. The first-order valence-electron chi connectivity index (χ1n) is 11.1. The topological polar surface area (TPSA) is 68.5 Å². The Balaban J connectivity index is 1.54. The first kappa shape index (κ1) is 22.6. The third-order valence-electron chi connectivity index (χ3n) is 5.87. The summed E-state index contributed by atoms with van der Waals surface area (Å²) in [6.45, 7) is 4.68. The van der Waals surface area contributed by atoms with E-state index in [0.717, 1.165) is 10.6 Å². The molecule has 1 fully saturated rings. The summed E-state index contributed by atoms with van der Waals surface area (Å²) in [6.07, 6.45) is 5.13. The summed E-state index contributed by atoms with van der Waals surface area (Å²) in [7, 11) is 0. The number of pyridine rings is 2. The molecule has 4 heterocycles. The molecule has 5 rings (SSSR count). The Hall–Kier alpha value is -3.23. The summed E-state index contributed by atoms with van der Waals surface area (Å²) in [4.78, 5) is 23.6. The average Bonchev–Trinajstić information content (AvgIpc) is 3.28. The normalized spacial score (nSPS) is 18.4. The Morgan fingerprint density at radius 2 is 1.88 bits per heavy atom. The first-order chi connectivity index (χ1) is 16.4. The van der Waals surface area contributed by atoms with Crippen LogP contribution in [0.4, 0.5) is 4.39 Å². The zero-order chi connectivity index (χ0) is 23.8. The molecule has 34 heavy (non-hydrogen) atoms. The van der Waals surface area contributed by atoms with Crippen LogP contribution >= 0.6 is 11.8 Å². The maximum atomic E-state index is 15.7. The molecule has 8 heteroatoms. The number of nitrogens with zero attached hydrogens (tertiary/aromatic N) is 3. The number of aromatic nitrogens is 2. The minimum absolute atomic E-state index is 0.0346. The summed E-state index contributed by atoms with van der Waals surface area (Å²) < 4.78 is 27.6. The number of benzene rings is 1. The van der Waals surface area contributed by atoms with E-state index < -0.39 is 5.82 Å². The van der Waals surface area contributed by atoms with Crippen LogP contribution in [0.15, 0.2) is 64.3 Å². The molecule has 6 nitrogen and oxygen atoms in total. The van der Waals surface area contributed by atoms with Gasteiger partial charge < -0.3 is 14.1 Å². The van der Waals surface area contributed by atoms with Crippen molar-refractivity contribution in [2.45, 2.75) is 31.1 Å². The number of hydrogen-bond donors (Lipinski definition) is 0. The minimum atomic E-state index is -0.573. The molecular weight excluding hydrogens is 453 g/mol. The van der Waals surface area contributed by atoms with E-state index in [0.29, 0.717) is 41.1 Å². The van der Waals surface area contributed by atoms with Crippen molar-refractivity contribution < 1.29 is 18.3 Å². The lowest BCUT2D eigenvalue weighted by atomic mass is 10.0. The number of thioether (sulfide) groups is 1. The molecule has 2 unspecified atom stereocenters. The summed E-state index contributed by atoms with van der Waals surface area (Å²) in [6, 6.07) is 12.2. The van der Waals surface area contributed by atoms with Crippen molar-refractivity contribution >= 4 is 28.8 Å². The SMILES string of the molecule is CSc1ccc(-c2cc3nccc(-c4cccc(C(=O)N5CC(C)OC(C)C5)c4F)c3o2)cn1. The highest BCUT2D eigenvalue weighted by Gasteiger charge is 2.29. The zero-order valence-electron chi connectivity index (χ0n) is 19.1. The van der Waals surface area contributed by atoms with Crippen LogP contribution in [0, 0.1) is 5.82 Å². The Morgan fingerprint density at radius 3 is 2.59 bits per heavy atom. The standard InChI is InChI=1S/C26H24FN3O3S/c1-15-13-30(14-16(2)32-15)26(31)20-6-4-5-18(24(20)27)19-9-10-28-21-11-22(33-25(19)21)17-7-8-23(34-3)29-12-17/h4-12,15-16H,13-14H2,1-3H3. The average molecular weight is 478 g/mol. The van der Waals surface area contributed by atoms with E-state index in [9.17, 15) is 4.79 Å². The van der Waals surface area contributed by atoms with Crippen molar-refractivity contribution in [1.82, 2.24) is 14.9 Å². The van der Waals surface area contributed by atoms with Crippen molar-refractivity contribution in [2.75, 3.05) is 19.3 Å². The fourth-order valence-corrected chi connectivity index (χ4v) is 4.72. The Labute approximate surface area is 201 Å². The maximum Gasteiger partial charge on any atom is 0.257 e. The lowest BCUT2D eigenvalue weighted by molar-refractivity contribution is -0.0587. The van der Waals surface area contributed by atoms with Crippen molar-refractivity contribution in [3.05, 3.63) is 66.2 Å². The fourth-order valence-electron chi connectivity index (χ4n) is 4.36. The van der Waals surface area contributed by atoms with Gasteiger partial charge in [-0.2, -0.15) is 0 Å². The van der Waals surface area contributed by atoms with E-state index in [1.807, 2.05) is 38.3 Å². The third kappa shape index (κ3) is 4.19. The molecule has 0 spiro atoms. The van der Waals surface area contributed by atoms with Gasteiger partial charge >= 0.3 is 0 Å². The Kier molecular flexibility index (Phi) is 6.10. The lowest BCUT2D eigenvalue weighted by Gasteiger charge is -2.35. The van der Waals surface area contributed by atoms with Crippen molar-refractivity contribution in [3.63, 3.8) is 0 Å². The number of morpholine rings is 1. The number of halogens is 1. The summed E-state index contributed by atoms with van der Waals surface area (Å²) in [5, 5.41) is 0.909. The van der Waals surface area contributed by atoms with Crippen LogP contribution in [0.3, 0.4) is 0 Å². The molecule has 1 aromatic carbocycles. The minimum Gasteiger partial charge on any atom is -0.454 e. The van der Waals surface area contributed by atoms with Gasteiger partial charge in [0.1, 0.15) is 17.1 Å². The van der Waals surface area contributed by atoms with Gasteiger partial charge in [-0.05, 0) is 44.4 Å². The van der Waals surface area contributed by atoms with Gasteiger partial charge in [0.15, 0.2) is 5.58 Å². The van der Waals surface area contributed by atoms with Gasteiger partial charge in [0, 0.05) is 48.2 Å². The highest BCUT2D eigenvalue weighted by molar-refractivity contribution is 7.98. The van der Waals surface area contributed by atoms with Crippen molar-refractivity contribution in [2.24, 2.45) is 0 Å². The molecule has 1 saturated heterocycles. The number of fused-ring (bicyclic) bond motifs is 1. The molecular formula is C26H24FN3O3S. The van der Waals surface area contributed by atoms with E-state index in [4.69, 9.17) is 9.15 Å². The Bertz CT molecular complexity index is 1350. The monoisotopic (exact) mass is 477 g/mol. The maximum absolute atomic E-state index is 15.7. The van der Waals surface area contributed by atoms with Gasteiger partial charge in [0.2, 0.25) is 0 Å². The molecule has 1 aliphatic rings. The largest absolute Gasteiger partial charge is 0.454 e. The van der Waals surface area contributed by atoms with Gasteiger partial charge in [0.25, 0.3) is 5.91 Å². The highest BCUT2D eigenvalue weighted by atomic mass is 32.2. The predicted octanol–water partition coefficient (Wildman–Crippen LogP) is 5.67. The van der Waals surface area contributed by atoms with Crippen LogP contribution in [-0.4, -0.2) is 52.3 Å². The first-order valence-corrected chi connectivity index (χ1v) is 12.3. The van der Waals surface area contributed by atoms with Crippen molar-refractivity contribution in [1.29, 1.82) is 0 Å². The van der Waals surface area contributed by atoms with E-state index in [2.05, 4.69) is 9.97 Å². The van der Waals surface area contributed by atoms with Gasteiger partial charge in [-0.1, -0.05) is 12.1 Å². The van der Waals surface area contributed by atoms with E-state index in [-0.39, 0.29) is 23.7 Å². The number of hydrogen-bond acceptors (Lipinski definition) is 6. The number of furan rings is 1. The van der Waals surface area contributed by atoms with Crippen molar-refractivity contribution in [3.8, 4) is 22.5 Å². The number of amides is 1. The van der Waals surface area contributed by atoms with Crippen LogP contribution in [-0.2, 0) is 4.74 Å². The number of ether oxygens (including phenoxy) is 1. The summed E-state index contributed by atoms with van der Waals surface area (Å²) in [5.41, 5.74) is 2.75. The second-order valence-corrected chi connectivity index (χ2v) is 9.23. The molecule has 1 amide bonds. The second kappa shape index (κ2) is 9.19. The van der Waals surface area contributed by atoms with E-state index >= 15 is 4.39 Å².